The summed E-state index contributed by atoms with van der Waals surface area (Å²) >= 11 is 0. The van der Waals surface area contributed by atoms with E-state index in [2.05, 4.69) is 19.2 Å². The second-order valence-electron chi connectivity index (χ2n) is 4.60. The van der Waals surface area contributed by atoms with Crippen molar-refractivity contribution >= 4 is 5.69 Å². The maximum absolute atomic E-state index is 9.34. The quantitative estimate of drug-likeness (QED) is 0.742. The van der Waals surface area contributed by atoms with E-state index in [-0.39, 0.29) is 6.61 Å². The first-order chi connectivity index (χ1) is 8.71. The van der Waals surface area contributed by atoms with Gasteiger partial charge in [0.15, 0.2) is 0 Å². The van der Waals surface area contributed by atoms with Crippen LogP contribution in [0.5, 0.6) is 5.75 Å². The van der Waals surface area contributed by atoms with Gasteiger partial charge in [-0.2, -0.15) is 0 Å². The molecule has 1 aromatic carbocycles. The van der Waals surface area contributed by atoms with Gasteiger partial charge in [-0.3, -0.25) is 0 Å². The molecule has 0 aliphatic heterocycles. The Labute approximate surface area is 110 Å². The van der Waals surface area contributed by atoms with E-state index in [4.69, 9.17) is 4.74 Å². The smallest absolute Gasteiger partial charge is 0.124 e. The minimum Gasteiger partial charge on any atom is -0.494 e. The Kier molecular flexibility index (Phi) is 6.58. The summed E-state index contributed by atoms with van der Waals surface area (Å²) in [6, 6.07) is 6.35. The molecule has 0 bridgehead atoms. The van der Waals surface area contributed by atoms with Crippen molar-refractivity contribution in [2.24, 2.45) is 0 Å². The summed E-state index contributed by atoms with van der Waals surface area (Å²) in [6.45, 7) is 6.96. The Morgan fingerprint density at radius 2 is 2.11 bits per heavy atom. The molecule has 1 aromatic rings. The lowest BCUT2D eigenvalue weighted by Gasteiger charge is -2.17. The van der Waals surface area contributed by atoms with Crippen molar-refractivity contribution in [3.63, 3.8) is 0 Å². The second-order valence-corrected chi connectivity index (χ2v) is 4.60. The zero-order chi connectivity index (χ0) is 13.4. The Hall–Kier alpha value is -1.22. The monoisotopic (exact) mass is 251 g/mol. The summed E-state index contributed by atoms with van der Waals surface area (Å²) < 4.78 is 5.46. The predicted octanol–water partition coefficient (Wildman–Crippen LogP) is 3.57. The van der Waals surface area contributed by atoms with Gasteiger partial charge in [0.2, 0.25) is 0 Å². The number of aliphatic hydroxyl groups is 1. The van der Waals surface area contributed by atoms with E-state index >= 15 is 0 Å². The average molecular weight is 251 g/mol. The van der Waals surface area contributed by atoms with Gasteiger partial charge in [-0.15, -0.1) is 0 Å². The van der Waals surface area contributed by atoms with E-state index in [0.717, 1.165) is 23.4 Å². The third-order valence-corrected chi connectivity index (χ3v) is 2.93. The van der Waals surface area contributed by atoms with Gasteiger partial charge in [0, 0.05) is 17.3 Å². The van der Waals surface area contributed by atoms with Gasteiger partial charge in [0.25, 0.3) is 0 Å². The SMILES string of the molecule is CCCCC(C)Nc1ccc(OCC)c(CO)c1. The van der Waals surface area contributed by atoms with Crippen LogP contribution in [0, 0.1) is 0 Å². The number of hydrogen-bond donors (Lipinski definition) is 2. The number of rotatable bonds is 8. The fourth-order valence-electron chi connectivity index (χ4n) is 1.96. The highest BCUT2D eigenvalue weighted by atomic mass is 16.5. The lowest BCUT2D eigenvalue weighted by molar-refractivity contribution is 0.267. The molecule has 0 fully saturated rings. The van der Waals surface area contributed by atoms with Crippen molar-refractivity contribution in [2.45, 2.75) is 52.7 Å². The van der Waals surface area contributed by atoms with Crippen LogP contribution in [-0.2, 0) is 6.61 Å². The molecule has 0 aliphatic rings. The Morgan fingerprint density at radius 1 is 1.33 bits per heavy atom. The highest BCUT2D eigenvalue weighted by molar-refractivity contribution is 5.51. The van der Waals surface area contributed by atoms with Crippen molar-refractivity contribution in [2.75, 3.05) is 11.9 Å². The van der Waals surface area contributed by atoms with E-state index in [1.165, 1.54) is 12.8 Å². The van der Waals surface area contributed by atoms with Crippen LogP contribution in [-0.4, -0.2) is 17.8 Å². The van der Waals surface area contributed by atoms with Crippen molar-refractivity contribution in [1.29, 1.82) is 0 Å². The maximum atomic E-state index is 9.34. The van der Waals surface area contributed by atoms with Crippen molar-refractivity contribution in [3.8, 4) is 5.75 Å². The van der Waals surface area contributed by atoms with Gasteiger partial charge in [0.05, 0.1) is 13.2 Å². The second kappa shape index (κ2) is 7.98. The van der Waals surface area contributed by atoms with Crippen LogP contribution < -0.4 is 10.1 Å². The van der Waals surface area contributed by atoms with E-state index in [0.29, 0.717) is 12.6 Å². The molecule has 0 saturated carbocycles. The topological polar surface area (TPSA) is 41.5 Å². The number of aliphatic hydroxyl groups excluding tert-OH is 1. The average Bonchev–Trinajstić information content (AvgIpc) is 2.38. The first-order valence-electron chi connectivity index (χ1n) is 6.84. The molecule has 102 valence electrons. The molecule has 0 aromatic heterocycles. The molecule has 0 saturated heterocycles. The molecule has 0 aliphatic carbocycles. The highest BCUT2D eigenvalue weighted by Crippen LogP contribution is 2.23. The minimum absolute atomic E-state index is 0.00813. The lowest BCUT2D eigenvalue weighted by atomic mass is 10.1. The first kappa shape index (κ1) is 14.8. The minimum atomic E-state index is 0.00813. The summed E-state index contributed by atoms with van der Waals surface area (Å²) in [4.78, 5) is 0. The van der Waals surface area contributed by atoms with Gasteiger partial charge in [-0.25, -0.2) is 0 Å². The van der Waals surface area contributed by atoms with Crippen LogP contribution in [0.15, 0.2) is 18.2 Å². The fraction of sp³-hybridized carbons (Fsp3) is 0.600. The largest absolute Gasteiger partial charge is 0.494 e. The Morgan fingerprint density at radius 3 is 2.72 bits per heavy atom. The summed E-state index contributed by atoms with van der Waals surface area (Å²) in [5.74, 6) is 0.770. The molecule has 0 radical (unpaired) electrons. The van der Waals surface area contributed by atoms with E-state index < -0.39 is 0 Å². The summed E-state index contributed by atoms with van der Waals surface area (Å²) in [6.07, 6.45) is 3.62. The van der Waals surface area contributed by atoms with Gasteiger partial charge >= 0.3 is 0 Å². The predicted molar refractivity (Wildman–Crippen MR) is 76.1 cm³/mol. The lowest BCUT2D eigenvalue weighted by Crippen LogP contribution is -2.15. The molecule has 3 heteroatoms. The molecule has 3 nitrogen and oxygen atoms in total. The van der Waals surface area contributed by atoms with Crippen molar-refractivity contribution in [1.82, 2.24) is 0 Å². The number of ether oxygens (including phenoxy) is 1. The van der Waals surface area contributed by atoms with Crippen LogP contribution in [0.4, 0.5) is 5.69 Å². The third kappa shape index (κ3) is 4.57. The molecule has 1 rings (SSSR count). The molecule has 18 heavy (non-hydrogen) atoms. The molecular weight excluding hydrogens is 226 g/mol. The normalized spacial score (nSPS) is 12.2. The number of anilines is 1. The van der Waals surface area contributed by atoms with Crippen LogP contribution in [0.3, 0.4) is 0 Å². The Balaban J connectivity index is 2.66. The number of hydrogen-bond acceptors (Lipinski definition) is 3. The Bertz CT molecular complexity index is 352. The standard InChI is InChI=1S/C15H25NO2/c1-4-6-7-12(3)16-14-8-9-15(18-5-2)13(10-14)11-17/h8-10,12,16-17H,4-7,11H2,1-3H3. The maximum Gasteiger partial charge on any atom is 0.124 e. The first-order valence-corrected chi connectivity index (χ1v) is 6.84. The summed E-state index contributed by atoms with van der Waals surface area (Å²) in [7, 11) is 0. The molecule has 2 N–H and O–H groups in total. The molecule has 1 atom stereocenters. The number of unbranched alkanes of at least 4 members (excludes halogenated alkanes) is 1. The van der Waals surface area contributed by atoms with E-state index in [1.807, 2.05) is 25.1 Å². The van der Waals surface area contributed by atoms with Crippen LogP contribution in [0.1, 0.15) is 45.6 Å². The zero-order valence-electron chi connectivity index (χ0n) is 11.7. The molecule has 0 spiro atoms. The molecule has 1 unspecified atom stereocenters. The molecule has 0 heterocycles. The fourth-order valence-corrected chi connectivity index (χ4v) is 1.96. The number of benzene rings is 1. The highest BCUT2D eigenvalue weighted by Gasteiger charge is 2.06. The van der Waals surface area contributed by atoms with Crippen LogP contribution in [0.2, 0.25) is 0 Å². The van der Waals surface area contributed by atoms with Crippen LogP contribution >= 0.6 is 0 Å². The summed E-state index contributed by atoms with van der Waals surface area (Å²) in [5, 5.41) is 12.8. The number of nitrogens with one attached hydrogen (secondary N) is 1. The van der Waals surface area contributed by atoms with E-state index in [1.54, 1.807) is 0 Å². The van der Waals surface area contributed by atoms with E-state index in [9.17, 15) is 5.11 Å². The van der Waals surface area contributed by atoms with Gasteiger partial charge in [-0.05, 0) is 38.5 Å². The van der Waals surface area contributed by atoms with Gasteiger partial charge < -0.3 is 15.2 Å². The molecule has 0 amide bonds. The van der Waals surface area contributed by atoms with Gasteiger partial charge in [0.1, 0.15) is 5.75 Å². The van der Waals surface area contributed by atoms with Crippen molar-refractivity contribution < 1.29 is 9.84 Å². The van der Waals surface area contributed by atoms with Crippen LogP contribution in [0.25, 0.3) is 0 Å². The van der Waals surface area contributed by atoms with Crippen molar-refractivity contribution in [3.05, 3.63) is 23.8 Å². The van der Waals surface area contributed by atoms with Gasteiger partial charge in [-0.1, -0.05) is 19.8 Å². The summed E-state index contributed by atoms with van der Waals surface area (Å²) in [5.41, 5.74) is 1.88. The zero-order valence-corrected chi connectivity index (χ0v) is 11.7. The molecular formula is C15H25NO2. The third-order valence-electron chi connectivity index (χ3n) is 2.93.